The molecule has 3 rings (SSSR count). The van der Waals surface area contributed by atoms with Gasteiger partial charge in [0.15, 0.2) is 11.6 Å². The SMILES string of the molecule is CC(NC(=O)c1cc(C(F)F)cc(C(F)(F)F)c1)c1nc(Br)nn1-c1ccc(OCC(F)F)cn1. The van der Waals surface area contributed by atoms with Crippen molar-refractivity contribution in [2.75, 3.05) is 6.61 Å². The highest BCUT2D eigenvalue weighted by Gasteiger charge is 2.33. The van der Waals surface area contributed by atoms with E-state index in [9.17, 15) is 35.5 Å². The Hall–Kier alpha value is -3.23. The predicted octanol–water partition coefficient (Wildman–Crippen LogP) is 5.52. The van der Waals surface area contributed by atoms with Gasteiger partial charge < -0.3 is 10.1 Å². The molecule has 7 nitrogen and oxygen atoms in total. The molecule has 15 heteroatoms. The first kappa shape index (κ1) is 26.4. The monoisotopic (exact) mass is 569 g/mol. The van der Waals surface area contributed by atoms with Crippen LogP contribution < -0.4 is 10.1 Å². The summed E-state index contributed by atoms with van der Waals surface area (Å²) in [6, 6.07) is 3.17. The predicted molar refractivity (Wildman–Crippen MR) is 111 cm³/mol. The highest BCUT2D eigenvalue weighted by atomic mass is 79.9. The van der Waals surface area contributed by atoms with Gasteiger partial charge in [0, 0.05) is 11.1 Å². The molecule has 188 valence electrons. The van der Waals surface area contributed by atoms with E-state index in [1.165, 1.54) is 23.7 Å². The molecule has 0 radical (unpaired) electrons. The molecule has 0 bridgehead atoms. The Labute approximate surface area is 201 Å². The van der Waals surface area contributed by atoms with E-state index in [1.54, 1.807) is 0 Å². The topological polar surface area (TPSA) is 81.9 Å². The Morgan fingerprint density at radius 2 is 1.89 bits per heavy atom. The van der Waals surface area contributed by atoms with E-state index in [0.717, 1.165) is 6.20 Å². The molecule has 1 N–H and O–H groups in total. The molecule has 0 fully saturated rings. The van der Waals surface area contributed by atoms with Gasteiger partial charge in [-0.15, -0.1) is 5.10 Å². The van der Waals surface area contributed by atoms with Crippen molar-refractivity contribution < 1.29 is 40.3 Å². The summed E-state index contributed by atoms with van der Waals surface area (Å²) in [5.74, 6) is -0.752. The van der Waals surface area contributed by atoms with Gasteiger partial charge in [-0.3, -0.25) is 4.79 Å². The van der Waals surface area contributed by atoms with Crippen molar-refractivity contribution in [1.82, 2.24) is 25.1 Å². The fourth-order valence-corrected chi connectivity index (χ4v) is 3.25. The molecule has 0 aliphatic carbocycles. The van der Waals surface area contributed by atoms with Gasteiger partial charge in [0.25, 0.3) is 18.8 Å². The van der Waals surface area contributed by atoms with Gasteiger partial charge in [-0.1, -0.05) is 0 Å². The minimum Gasteiger partial charge on any atom is -0.486 e. The second-order valence-electron chi connectivity index (χ2n) is 7.04. The van der Waals surface area contributed by atoms with Crippen molar-refractivity contribution in [3.05, 3.63) is 63.8 Å². The highest BCUT2D eigenvalue weighted by Crippen LogP contribution is 2.33. The lowest BCUT2D eigenvalue weighted by molar-refractivity contribution is -0.137. The fourth-order valence-electron chi connectivity index (χ4n) is 2.91. The Bertz CT molecular complexity index is 1190. The lowest BCUT2D eigenvalue weighted by Gasteiger charge is -2.16. The minimum absolute atomic E-state index is 0.0653. The normalized spacial score (nSPS) is 12.8. The van der Waals surface area contributed by atoms with Crippen molar-refractivity contribution in [3.63, 3.8) is 0 Å². The van der Waals surface area contributed by atoms with Gasteiger partial charge in [-0.2, -0.15) is 17.9 Å². The number of hydrogen-bond donors (Lipinski definition) is 1. The first-order valence-electron chi connectivity index (χ1n) is 9.66. The largest absolute Gasteiger partial charge is 0.486 e. The van der Waals surface area contributed by atoms with Crippen molar-refractivity contribution in [2.24, 2.45) is 0 Å². The number of halogens is 8. The van der Waals surface area contributed by atoms with Crippen molar-refractivity contribution >= 4 is 21.8 Å². The zero-order valence-corrected chi connectivity index (χ0v) is 19.1. The molecule has 0 saturated heterocycles. The van der Waals surface area contributed by atoms with Crippen LogP contribution in [0.15, 0.2) is 41.3 Å². The summed E-state index contributed by atoms with van der Waals surface area (Å²) in [6.07, 6.45) is -9.67. The number of alkyl halides is 7. The molecule has 1 amide bonds. The number of carbonyl (C=O) groups is 1. The molecule has 1 aromatic carbocycles. The number of ether oxygens (including phenoxy) is 1. The Balaban J connectivity index is 1.85. The number of amides is 1. The van der Waals surface area contributed by atoms with Gasteiger partial charge in [0.05, 0.1) is 17.8 Å². The maximum Gasteiger partial charge on any atom is 0.416 e. The van der Waals surface area contributed by atoms with Gasteiger partial charge in [-0.05, 0) is 53.2 Å². The van der Waals surface area contributed by atoms with E-state index in [1.807, 2.05) is 0 Å². The maximum atomic E-state index is 13.1. The van der Waals surface area contributed by atoms with Gasteiger partial charge in [0.1, 0.15) is 12.4 Å². The molecular formula is C20H15BrF7N5O2. The fraction of sp³-hybridized carbons (Fsp3) is 0.300. The van der Waals surface area contributed by atoms with Crippen LogP contribution in [0.3, 0.4) is 0 Å². The molecule has 0 saturated carbocycles. The summed E-state index contributed by atoms with van der Waals surface area (Å²) < 4.78 is 96.1. The van der Waals surface area contributed by atoms with Gasteiger partial charge in [0.2, 0.25) is 4.73 Å². The summed E-state index contributed by atoms with van der Waals surface area (Å²) in [5.41, 5.74) is -2.97. The average Bonchev–Trinajstić information content (AvgIpc) is 3.18. The summed E-state index contributed by atoms with van der Waals surface area (Å²) >= 11 is 3.07. The molecule has 1 unspecified atom stereocenters. The van der Waals surface area contributed by atoms with Crippen LogP contribution in [0.25, 0.3) is 5.82 Å². The van der Waals surface area contributed by atoms with E-state index < -0.39 is 54.3 Å². The number of nitrogens with one attached hydrogen (secondary N) is 1. The lowest BCUT2D eigenvalue weighted by atomic mass is 10.0. The van der Waals surface area contributed by atoms with E-state index in [0.29, 0.717) is 12.1 Å². The number of nitrogens with zero attached hydrogens (tertiary/aromatic N) is 4. The molecule has 2 heterocycles. The summed E-state index contributed by atoms with van der Waals surface area (Å²) in [4.78, 5) is 20.8. The molecule has 35 heavy (non-hydrogen) atoms. The molecule has 1 atom stereocenters. The third kappa shape index (κ3) is 6.68. The third-order valence-electron chi connectivity index (χ3n) is 4.45. The Morgan fingerprint density at radius 3 is 2.46 bits per heavy atom. The number of rotatable bonds is 8. The Morgan fingerprint density at radius 1 is 1.17 bits per heavy atom. The third-order valence-corrected chi connectivity index (χ3v) is 4.79. The molecule has 0 aliphatic rings. The van der Waals surface area contributed by atoms with E-state index in [2.05, 4.69) is 36.3 Å². The van der Waals surface area contributed by atoms with Crippen molar-refractivity contribution in [2.45, 2.75) is 32.0 Å². The van der Waals surface area contributed by atoms with Gasteiger partial charge >= 0.3 is 6.18 Å². The van der Waals surface area contributed by atoms with Crippen LogP contribution in [0.2, 0.25) is 0 Å². The first-order valence-corrected chi connectivity index (χ1v) is 10.5. The quantitative estimate of drug-likeness (QED) is 0.361. The molecule has 2 aromatic heterocycles. The molecule has 3 aromatic rings. The molecule has 0 aliphatic heterocycles. The van der Waals surface area contributed by atoms with E-state index in [-0.39, 0.29) is 28.2 Å². The van der Waals surface area contributed by atoms with Crippen molar-refractivity contribution in [3.8, 4) is 11.6 Å². The summed E-state index contributed by atoms with van der Waals surface area (Å²) in [7, 11) is 0. The molecule has 0 spiro atoms. The van der Waals surface area contributed by atoms with Gasteiger partial charge in [-0.25, -0.2) is 27.5 Å². The summed E-state index contributed by atoms with van der Waals surface area (Å²) in [6.45, 7) is 0.611. The van der Waals surface area contributed by atoms with Crippen LogP contribution in [0.4, 0.5) is 30.7 Å². The highest BCUT2D eigenvalue weighted by molar-refractivity contribution is 9.10. The average molecular weight is 570 g/mol. The second-order valence-corrected chi connectivity index (χ2v) is 7.75. The molecular weight excluding hydrogens is 555 g/mol. The van der Waals surface area contributed by atoms with Crippen LogP contribution in [0, 0.1) is 0 Å². The number of benzene rings is 1. The zero-order chi connectivity index (χ0) is 25.9. The summed E-state index contributed by atoms with van der Waals surface area (Å²) in [5, 5.41) is 6.46. The lowest BCUT2D eigenvalue weighted by Crippen LogP contribution is -2.29. The van der Waals surface area contributed by atoms with Crippen LogP contribution in [0.1, 0.15) is 46.7 Å². The zero-order valence-electron chi connectivity index (χ0n) is 17.5. The number of hydrogen-bond acceptors (Lipinski definition) is 5. The second kappa shape index (κ2) is 10.6. The van der Waals surface area contributed by atoms with E-state index >= 15 is 0 Å². The first-order chi connectivity index (χ1) is 16.3. The number of carbonyl (C=O) groups excluding carboxylic acids is 1. The van der Waals surface area contributed by atoms with Crippen LogP contribution in [-0.4, -0.2) is 38.7 Å². The van der Waals surface area contributed by atoms with Crippen molar-refractivity contribution in [1.29, 1.82) is 0 Å². The van der Waals surface area contributed by atoms with Crippen LogP contribution in [-0.2, 0) is 6.18 Å². The standard InChI is InChI=1S/C20H15BrF7N5O2/c1-9(30-18(34)11-4-10(16(24)25)5-12(6-11)20(26,27)28)17-31-19(21)32-33(17)15-3-2-13(7-29-15)35-8-14(22)23/h2-7,9,14,16H,8H2,1H3,(H,30,34). The minimum atomic E-state index is -4.94. The smallest absolute Gasteiger partial charge is 0.416 e. The number of pyridine rings is 1. The number of aromatic nitrogens is 4. The van der Waals surface area contributed by atoms with Crippen LogP contribution in [0.5, 0.6) is 5.75 Å². The van der Waals surface area contributed by atoms with Crippen LogP contribution >= 0.6 is 15.9 Å². The maximum absolute atomic E-state index is 13.1. The Kier molecular flexibility index (Phi) is 7.97. The van der Waals surface area contributed by atoms with E-state index in [4.69, 9.17) is 4.74 Å².